The molecular weight excluding hydrogens is 362 g/mol. The predicted molar refractivity (Wildman–Crippen MR) is 119 cm³/mol. The van der Waals surface area contributed by atoms with Crippen LogP contribution in [-0.2, 0) is 4.79 Å². The first-order chi connectivity index (χ1) is 13.4. The number of ketones is 1. The van der Waals surface area contributed by atoms with Crippen molar-refractivity contribution in [3.8, 4) is 0 Å². The zero-order valence-electron chi connectivity index (χ0n) is 17.2. The van der Waals surface area contributed by atoms with E-state index in [2.05, 4.69) is 81.5 Å². The molecule has 3 heteroatoms. The number of carbonyl (C=O) groups is 1. The molecule has 0 amide bonds. The molecule has 2 aromatic carbocycles. The Hall–Kier alpha value is -2.00. The molecule has 2 aromatic rings. The fraction of sp³-hybridized carbons (Fsp3) is 0.400. The van der Waals surface area contributed by atoms with Crippen LogP contribution in [0.1, 0.15) is 69.3 Å². The Labute approximate surface area is 172 Å². The molecule has 0 saturated carbocycles. The maximum Gasteiger partial charge on any atom is 0.162 e. The molecular formula is C25H29NOS. The van der Waals surface area contributed by atoms with E-state index in [-0.39, 0.29) is 16.4 Å². The number of allylic oxidation sites excluding steroid dienone is 1. The Kier molecular flexibility index (Phi) is 5.13. The average Bonchev–Trinajstić information content (AvgIpc) is 2.83. The highest BCUT2D eigenvalue weighted by Gasteiger charge is 2.39. The van der Waals surface area contributed by atoms with Crippen molar-refractivity contribution in [2.75, 3.05) is 5.32 Å². The van der Waals surface area contributed by atoms with E-state index in [1.807, 2.05) is 0 Å². The van der Waals surface area contributed by atoms with Gasteiger partial charge >= 0.3 is 0 Å². The quantitative estimate of drug-likeness (QED) is 0.605. The minimum absolute atomic E-state index is 0.00215. The summed E-state index contributed by atoms with van der Waals surface area (Å²) in [6.07, 6.45) is 2.66. The lowest BCUT2D eigenvalue weighted by atomic mass is 9.74. The Morgan fingerprint density at radius 1 is 1.11 bits per heavy atom. The molecule has 0 fully saturated rings. The molecule has 2 atom stereocenters. The summed E-state index contributed by atoms with van der Waals surface area (Å²) in [5.41, 5.74) is 5.78. The van der Waals surface area contributed by atoms with Crippen molar-refractivity contribution >= 4 is 23.2 Å². The maximum absolute atomic E-state index is 13.2. The molecule has 0 spiro atoms. The molecule has 0 radical (unpaired) electrons. The van der Waals surface area contributed by atoms with Gasteiger partial charge in [-0.2, -0.15) is 0 Å². The van der Waals surface area contributed by atoms with E-state index in [4.69, 9.17) is 0 Å². The van der Waals surface area contributed by atoms with Crippen LogP contribution in [0.3, 0.4) is 0 Å². The first-order valence-electron chi connectivity index (χ1n) is 10.3. The lowest BCUT2D eigenvalue weighted by molar-refractivity contribution is -0.118. The summed E-state index contributed by atoms with van der Waals surface area (Å²) in [5.74, 6) is 0.847. The molecule has 146 valence electrons. The highest BCUT2D eigenvalue weighted by atomic mass is 32.2. The van der Waals surface area contributed by atoms with Gasteiger partial charge in [-0.25, -0.2) is 0 Å². The summed E-state index contributed by atoms with van der Waals surface area (Å²) in [6.45, 7) is 8.87. The van der Waals surface area contributed by atoms with Crippen LogP contribution < -0.4 is 5.32 Å². The molecule has 1 N–H and O–H groups in total. The van der Waals surface area contributed by atoms with Gasteiger partial charge in [-0.1, -0.05) is 64.1 Å². The zero-order chi connectivity index (χ0) is 19.9. The summed E-state index contributed by atoms with van der Waals surface area (Å²) in [6, 6.07) is 17.3. The molecule has 0 saturated heterocycles. The van der Waals surface area contributed by atoms with Gasteiger partial charge in [0.2, 0.25) is 0 Å². The Morgan fingerprint density at radius 2 is 1.82 bits per heavy atom. The van der Waals surface area contributed by atoms with Crippen LogP contribution in [-0.4, -0.2) is 5.78 Å². The topological polar surface area (TPSA) is 29.1 Å². The standard InChI is InChI=1S/C25H29NOS/c1-5-16(2)17-10-12-18(13-11-17)24-23-20(14-25(3,4)15-21(23)27)26-19-8-6-7-9-22(19)28-24/h6-13,16,24,26H,5,14-15H2,1-4H3/t16-,24-/m1/s1. The van der Waals surface area contributed by atoms with Crippen LogP contribution in [0.4, 0.5) is 5.69 Å². The van der Waals surface area contributed by atoms with Crippen molar-refractivity contribution in [3.05, 3.63) is 70.9 Å². The Morgan fingerprint density at radius 3 is 2.54 bits per heavy atom. The van der Waals surface area contributed by atoms with E-state index in [9.17, 15) is 4.79 Å². The summed E-state index contributed by atoms with van der Waals surface area (Å²) in [5, 5.41) is 3.67. The van der Waals surface area contributed by atoms with Gasteiger partial charge in [0, 0.05) is 22.6 Å². The number of hydrogen-bond acceptors (Lipinski definition) is 3. The van der Waals surface area contributed by atoms with Gasteiger partial charge in [-0.15, -0.1) is 11.8 Å². The third-order valence-electron chi connectivity index (χ3n) is 6.02. The summed E-state index contributed by atoms with van der Waals surface area (Å²) >= 11 is 1.80. The minimum atomic E-state index is -0.00215. The van der Waals surface area contributed by atoms with E-state index < -0.39 is 0 Å². The van der Waals surface area contributed by atoms with Gasteiger partial charge < -0.3 is 5.32 Å². The Balaban J connectivity index is 1.80. The largest absolute Gasteiger partial charge is 0.358 e. The van der Waals surface area contributed by atoms with Crippen molar-refractivity contribution < 1.29 is 4.79 Å². The van der Waals surface area contributed by atoms with Gasteiger partial charge in [0.25, 0.3) is 0 Å². The molecule has 0 aromatic heterocycles. The summed E-state index contributed by atoms with van der Waals surface area (Å²) < 4.78 is 0. The SMILES string of the molecule is CC[C@@H](C)c1ccc([C@H]2Sc3ccccc3NC3=C2C(=O)CC(C)(C)C3)cc1. The lowest BCUT2D eigenvalue weighted by Crippen LogP contribution is -2.29. The number of rotatable bonds is 3. The Bertz CT molecular complexity index is 926. The van der Waals surface area contributed by atoms with Crippen molar-refractivity contribution in [1.29, 1.82) is 0 Å². The number of Topliss-reactive ketones (excluding diaryl/α,β-unsaturated/α-hetero) is 1. The number of fused-ring (bicyclic) bond motifs is 1. The van der Waals surface area contributed by atoms with Crippen LogP contribution in [0.2, 0.25) is 0 Å². The highest BCUT2D eigenvalue weighted by molar-refractivity contribution is 8.00. The van der Waals surface area contributed by atoms with E-state index in [1.165, 1.54) is 16.0 Å². The van der Waals surface area contributed by atoms with Crippen LogP contribution in [0.25, 0.3) is 0 Å². The predicted octanol–water partition coefficient (Wildman–Crippen LogP) is 7.10. The monoisotopic (exact) mass is 391 g/mol. The molecule has 1 aliphatic carbocycles. The first-order valence-corrected chi connectivity index (χ1v) is 11.1. The number of benzene rings is 2. The third kappa shape index (κ3) is 3.65. The molecule has 2 nitrogen and oxygen atoms in total. The second-order valence-corrected chi connectivity index (χ2v) is 10.1. The van der Waals surface area contributed by atoms with Crippen molar-refractivity contribution in [3.63, 3.8) is 0 Å². The number of carbonyl (C=O) groups excluding carboxylic acids is 1. The molecule has 2 aliphatic rings. The fourth-order valence-electron chi connectivity index (χ4n) is 4.24. The van der Waals surface area contributed by atoms with Gasteiger partial charge in [0.05, 0.1) is 10.9 Å². The van der Waals surface area contributed by atoms with E-state index in [1.54, 1.807) is 11.8 Å². The number of thioether (sulfide) groups is 1. The fourth-order valence-corrected chi connectivity index (χ4v) is 5.58. The number of hydrogen-bond donors (Lipinski definition) is 1. The smallest absolute Gasteiger partial charge is 0.162 e. The van der Waals surface area contributed by atoms with Crippen molar-refractivity contribution in [2.24, 2.45) is 5.41 Å². The van der Waals surface area contributed by atoms with Gasteiger partial charge in [0.1, 0.15) is 0 Å². The molecule has 1 heterocycles. The van der Waals surface area contributed by atoms with E-state index in [0.29, 0.717) is 12.3 Å². The number of anilines is 1. The molecule has 0 bridgehead atoms. The van der Waals surface area contributed by atoms with Crippen LogP contribution >= 0.6 is 11.8 Å². The zero-order valence-corrected chi connectivity index (χ0v) is 18.0. The molecule has 1 aliphatic heterocycles. The van der Waals surface area contributed by atoms with Gasteiger partial charge in [-0.3, -0.25) is 4.79 Å². The average molecular weight is 392 g/mol. The van der Waals surface area contributed by atoms with Crippen LogP contribution in [0, 0.1) is 5.41 Å². The van der Waals surface area contributed by atoms with Gasteiger partial charge in [0.15, 0.2) is 5.78 Å². The molecule has 0 unspecified atom stereocenters. The second kappa shape index (κ2) is 7.44. The number of nitrogens with one attached hydrogen (secondary N) is 1. The van der Waals surface area contributed by atoms with Crippen LogP contribution in [0.15, 0.2) is 64.7 Å². The van der Waals surface area contributed by atoms with E-state index >= 15 is 0 Å². The third-order valence-corrected chi connectivity index (χ3v) is 7.37. The maximum atomic E-state index is 13.2. The van der Waals surface area contributed by atoms with Gasteiger partial charge in [-0.05, 0) is 47.4 Å². The first kappa shape index (κ1) is 19.3. The van der Waals surface area contributed by atoms with Crippen LogP contribution in [0.5, 0.6) is 0 Å². The lowest BCUT2D eigenvalue weighted by Gasteiger charge is -2.34. The molecule has 28 heavy (non-hydrogen) atoms. The summed E-state index contributed by atoms with van der Waals surface area (Å²) in [7, 11) is 0. The van der Waals surface area contributed by atoms with E-state index in [0.717, 1.165) is 29.8 Å². The van der Waals surface area contributed by atoms with Crippen molar-refractivity contribution in [2.45, 2.75) is 63.0 Å². The van der Waals surface area contributed by atoms with Crippen molar-refractivity contribution in [1.82, 2.24) is 0 Å². The molecule has 4 rings (SSSR count). The summed E-state index contributed by atoms with van der Waals surface area (Å²) in [4.78, 5) is 14.4. The minimum Gasteiger partial charge on any atom is -0.358 e. The normalized spacial score (nSPS) is 22.0. The highest BCUT2D eigenvalue weighted by Crippen LogP contribution is 2.51. The second-order valence-electron chi connectivity index (χ2n) is 8.93. The number of para-hydroxylation sites is 1.